The summed E-state index contributed by atoms with van der Waals surface area (Å²) < 4.78 is 18.0. The molecule has 1 amide bonds. The number of ether oxygens (including phenoxy) is 3. The first-order chi connectivity index (χ1) is 16.5. The van der Waals surface area contributed by atoms with Crippen LogP contribution in [0.3, 0.4) is 0 Å². The van der Waals surface area contributed by atoms with Gasteiger partial charge in [-0.05, 0) is 26.0 Å². The van der Waals surface area contributed by atoms with Crippen LogP contribution in [0.15, 0.2) is 30.5 Å². The number of hydrogen-bond acceptors (Lipinski definition) is 9. The molecule has 35 heavy (non-hydrogen) atoms. The molecule has 0 radical (unpaired) electrons. The van der Waals surface area contributed by atoms with Crippen LogP contribution in [0.2, 0.25) is 0 Å². The van der Waals surface area contributed by atoms with Gasteiger partial charge in [0.25, 0.3) is 0 Å². The molecule has 2 aromatic rings. The highest BCUT2D eigenvalue weighted by Gasteiger charge is 2.29. The van der Waals surface area contributed by atoms with Crippen LogP contribution in [0, 0.1) is 0 Å². The molecular weight excluding hydrogens is 460 g/mol. The largest absolute Gasteiger partial charge is 0.478 e. The van der Waals surface area contributed by atoms with E-state index in [1.807, 2.05) is 0 Å². The Morgan fingerprint density at radius 2 is 1.80 bits per heavy atom. The Morgan fingerprint density at radius 3 is 2.40 bits per heavy atom. The topological polar surface area (TPSA) is 159 Å². The van der Waals surface area contributed by atoms with E-state index in [0.717, 1.165) is 0 Å². The van der Waals surface area contributed by atoms with E-state index in [-0.39, 0.29) is 24.6 Å². The monoisotopic (exact) mass is 490 g/mol. The average Bonchev–Trinajstić information content (AvgIpc) is 3.24. The van der Waals surface area contributed by atoms with Gasteiger partial charge < -0.3 is 24.6 Å². The van der Waals surface area contributed by atoms with Gasteiger partial charge in [-0.15, -0.1) is 5.10 Å². The highest BCUT2D eigenvalue weighted by Crippen LogP contribution is 2.19. The van der Waals surface area contributed by atoms with Crippen LogP contribution < -0.4 is 5.32 Å². The quantitative estimate of drug-likeness (QED) is 0.417. The first kappa shape index (κ1) is 27.4. The van der Waals surface area contributed by atoms with Crippen molar-refractivity contribution in [2.75, 3.05) is 6.61 Å². The summed E-state index contributed by atoms with van der Waals surface area (Å²) in [5.41, 5.74) is 1.14. The zero-order valence-electron chi connectivity index (χ0n) is 20.3. The van der Waals surface area contributed by atoms with Crippen LogP contribution in [0.5, 0.6) is 0 Å². The van der Waals surface area contributed by atoms with Gasteiger partial charge in [-0.1, -0.05) is 17.3 Å². The molecule has 2 unspecified atom stereocenters. The van der Waals surface area contributed by atoms with E-state index >= 15 is 0 Å². The zero-order valence-corrected chi connectivity index (χ0v) is 20.3. The Balaban J connectivity index is 2.22. The molecule has 0 aliphatic heterocycles. The van der Waals surface area contributed by atoms with Crippen molar-refractivity contribution in [2.45, 2.75) is 65.5 Å². The summed E-state index contributed by atoms with van der Waals surface area (Å²) in [5.74, 6) is -2.38. The lowest BCUT2D eigenvalue weighted by atomic mass is 10.1. The molecule has 1 aromatic heterocycles. The minimum atomic E-state index is -1.06. The number of carbonyl (C=O) groups excluding carboxylic acids is 3. The van der Waals surface area contributed by atoms with Gasteiger partial charge in [0, 0.05) is 26.3 Å². The maximum atomic E-state index is 11.6. The number of nitrogens with zero attached hydrogens (tertiary/aromatic N) is 3. The zero-order chi connectivity index (χ0) is 26.1. The van der Waals surface area contributed by atoms with Crippen LogP contribution in [-0.2, 0) is 35.1 Å². The Morgan fingerprint density at radius 1 is 1.09 bits per heavy atom. The first-order valence-electron chi connectivity index (χ1n) is 10.9. The first-order valence-corrected chi connectivity index (χ1v) is 10.9. The second kappa shape index (κ2) is 12.6. The molecule has 0 saturated carbocycles. The number of rotatable bonds is 12. The summed E-state index contributed by atoms with van der Waals surface area (Å²) in [5, 5.41) is 20.1. The number of nitrogens with one attached hydrogen (secondary N) is 1. The van der Waals surface area contributed by atoms with Gasteiger partial charge in [-0.25, -0.2) is 9.48 Å². The van der Waals surface area contributed by atoms with E-state index in [1.165, 1.54) is 37.6 Å². The Kier molecular flexibility index (Phi) is 9.88. The number of carboxylic acid groups (broad SMARTS) is 1. The summed E-state index contributed by atoms with van der Waals surface area (Å²) in [6.45, 7) is 7.26. The lowest BCUT2D eigenvalue weighted by Crippen LogP contribution is -2.49. The van der Waals surface area contributed by atoms with Crippen LogP contribution in [0.4, 0.5) is 0 Å². The fourth-order valence-corrected chi connectivity index (χ4v) is 3.29. The highest BCUT2D eigenvalue weighted by molar-refractivity contribution is 5.89. The summed E-state index contributed by atoms with van der Waals surface area (Å²) in [6, 6.07) is 5.64. The number of carbonyl (C=O) groups is 4. The summed E-state index contributed by atoms with van der Waals surface area (Å²) in [7, 11) is 0. The lowest BCUT2D eigenvalue weighted by molar-refractivity contribution is -0.160. The molecule has 12 nitrogen and oxygen atoms in total. The van der Waals surface area contributed by atoms with Crippen LogP contribution in [-0.4, -0.2) is 74.9 Å². The van der Waals surface area contributed by atoms with Crippen molar-refractivity contribution in [3.63, 3.8) is 0 Å². The van der Waals surface area contributed by atoms with E-state index in [0.29, 0.717) is 11.3 Å². The maximum absolute atomic E-state index is 11.6. The van der Waals surface area contributed by atoms with E-state index in [9.17, 15) is 24.3 Å². The molecule has 0 aliphatic rings. The van der Waals surface area contributed by atoms with Crippen LogP contribution >= 0.6 is 0 Å². The Hall–Kier alpha value is -3.80. The van der Waals surface area contributed by atoms with Crippen molar-refractivity contribution < 1.29 is 38.5 Å². The molecular formula is C23H30N4O8. The van der Waals surface area contributed by atoms with Gasteiger partial charge in [-0.2, -0.15) is 0 Å². The molecule has 0 spiro atoms. The molecule has 1 aromatic carbocycles. The van der Waals surface area contributed by atoms with Gasteiger partial charge >= 0.3 is 17.9 Å². The second-order valence-corrected chi connectivity index (χ2v) is 8.02. The van der Waals surface area contributed by atoms with Crippen molar-refractivity contribution >= 4 is 23.8 Å². The third-order valence-corrected chi connectivity index (χ3v) is 5.00. The van der Waals surface area contributed by atoms with Gasteiger partial charge in [0.2, 0.25) is 5.91 Å². The van der Waals surface area contributed by atoms with Crippen molar-refractivity contribution in [2.24, 2.45) is 0 Å². The Bertz CT molecular complexity index is 1050. The smallest absolute Gasteiger partial charge is 0.335 e. The number of benzene rings is 1. The number of amides is 1. The van der Waals surface area contributed by atoms with E-state index in [4.69, 9.17) is 14.2 Å². The minimum Gasteiger partial charge on any atom is -0.478 e. The number of aromatic carboxylic acids is 1. The maximum Gasteiger partial charge on any atom is 0.335 e. The van der Waals surface area contributed by atoms with Gasteiger partial charge in [0.15, 0.2) is 0 Å². The predicted molar refractivity (Wildman–Crippen MR) is 122 cm³/mol. The molecule has 0 bridgehead atoms. The number of hydrogen-bond donors (Lipinski definition) is 2. The van der Waals surface area contributed by atoms with Gasteiger partial charge in [-0.3, -0.25) is 14.4 Å². The third kappa shape index (κ3) is 8.81. The van der Waals surface area contributed by atoms with Crippen molar-refractivity contribution in [1.29, 1.82) is 0 Å². The highest BCUT2D eigenvalue weighted by atomic mass is 16.6. The van der Waals surface area contributed by atoms with Crippen LogP contribution in [0.1, 0.15) is 45.0 Å². The standard InChI is InChI=1S/C23H30N4O8/c1-13(21(24-15(3)28)12-33-16(4)29)35-22(14(2)34-17(5)30)11-27-10-20(25-26-27)18-7-6-8-19(9-18)23(31)32/h6-10,13-14,21-22H,11-12H2,1-5H3,(H,24,28)(H,31,32)/t13?,14-,21+,22?/m1/s1. The van der Waals surface area contributed by atoms with E-state index in [1.54, 1.807) is 32.2 Å². The average molecular weight is 491 g/mol. The number of esters is 2. The van der Waals surface area contributed by atoms with Gasteiger partial charge in [0.05, 0.1) is 30.5 Å². The number of aromatic nitrogens is 3. The van der Waals surface area contributed by atoms with E-state index in [2.05, 4.69) is 15.6 Å². The summed E-state index contributed by atoms with van der Waals surface area (Å²) in [4.78, 5) is 45.7. The summed E-state index contributed by atoms with van der Waals surface area (Å²) >= 11 is 0. The van der Waals surface area contributed by atoms with Crippen molar-refractivity contribution in [3.8, 4) is 11.3 Å². The van der Waals surface area contributed by atoms with Crippen molar-refractivity contribution in [3.05, 3.63) is 36.0 Å². The normalized spacial score (nSPS) is 14.3. The molecule has 0 fully saturated rings. The van der Waals surface area contributed by atoms with Crippen LogP contribution in [0.25, 0.3) is 11.3 Å². The SMILES string of the molecule is CC(=O)N[C@@H](COC(C)=O)C(C)OC(Cn1cc(-c2cccc(C(=O)O)c2)nn1)[C@@H](C)OC(C)=O. The van der Waals surface area contributed by atoms with E-state index < -0.39 is 42.3 Å². The Labute approximate surface area is 202 Å². The summed E-state index contributed by atoms with van der Waals surface area (Å²) in [6.07, 6.45) is -0.407. The molecule has 2 N–H and O–H groups in total. The second-order valence-electron chi connectivity index (χ2n) is 8.02. The molecule has 0 saturated heterocycles. The third-order valence-electron chi connectivity index (χ3n) is 5.00. The number of carboxylic acids is 1. The predicted octanol–water partition coefficient (Wildman–Crippen LogP) is 1.44. The fraction of sp³-hybridized carbons (Fsp3) is 0.478. The molecule has 1 heterocycles. The molecule has 12 heteroatoms. The molecule has 0 aliphatic carbocycles. The van der Waals surface area contributed by atoms with Crippen molar-refractivity contribution in [1.82, 2.24) is 20.3 Å². The minimum absolute atomic E-state index is 0.0991. The van der Waals surface area contributed by atoms with Gasteiger partial charge in [0.1, 0.15) is 24.5 Å². The lowest BCUT2D eigenvalue weighted by Gasteiger charge is -2.31. The molecule has 190 valence electrons. The fourth-order valence-electron chi connectivity index (χ4n) is 3.29. The molecule has 2 rings (SSSR count). The molecule has 4 atom stereocenters.